The molecule has 0 saturated heterocycles. The van der Waals surface area contributed by atoms with Crippen LogP contribution in [0.4, 0.5) is 13.2 Å². The van der Waals surface area contributed by atoms with Crippen LogP contribution in [0.3, 0.4) is 0 Å². The standard InChI is InChI=1S/C17H21F3N2O/c1-5-16-21-10-12(3)22(16)14-7-6-13(9-15(14)23-4)8-11(2)17(18,19)20/h6-7,9-11H,5,8H2,1-4H3. The summed E-state index contributed by atoms with van der Waals surface area (Å²) in [5.41, 5.74) is 2.35. The van der Waals surface area contributed by atoms with Crippen molar-refractivity contribution < 1.29 is 17.9 Å². The average Bonchev–Trinajstić information content (AvgIpc) is 2.87. The lowest BCUT2D eigenvalue weighted by Crippen LogP contribution is -2.21. The van der Waals surface area contributed by atoms with Gasteiger partial charge >= 0.3 is 6.18 Å². The van der Waals surface area contributed by atoms with Gasteiger partial charge in [0, 0.05) is 18.3 Å². The van der Waals surface area contributed by atoms with Crippen LogP contribution in [-0.4, -0.2) is 22.8 Å². The molecule has 0 bridgehead atoms. The maximum atomic E-state index is 12.7. The van der Waals surface area contributed by atoms with Gasteiger partial charge in [-0.05, 0) is 31.0 Å². The van der Waals surface area contributed by atoms with Gasteiger partial charge < -0.3 is 4.74 Å². The van der Waals surface area contributed by atoms with Gasteiger partial charge in [0.1, 0.15) is 11.6 Å². The summed E-state index contributed by atoms with van der Waals surface area (Å²) >= 11 is 0. The number of ether oxygens (including phenoxy) is 1. The van der Waals surface area contributed by atoms with Gasteiger partial charge in [-0.1, -0.05) is 19.9 Å². The van der Waals surface area contributed by atoms with E-state index in [9.17, 15) is 13.2 Å². The monoisotopic (exact) mass is 326 g/mol. The van der Waals surface area contributed by atoms with Gasteiger partial charge in [0.25, 0.3) is 0 Å². The summed E-state index contributed by atoms with van der Waals surface area (Å²) in [5, 5.41) is 0. The normalized spacial score (nSPS) is 13.2. The van der Waals surface area contributed by atoms with E-state index in [2.05, 4.69) is 4.98 Å². The second-order valence-corrected chi connectivity index (χ2v) is 5.66. The third-order valence-corrected chi connectivity index (χ3v) is 3.91. The molecule has 0 spiro atoms. The van der Waals surface area contributed by atoms with Crippen LogP contribution in [0.5, 0.6) is 5.75 Å². The number of methoxy groups -OCH3 is 1. The van der Waals surface area contributed by atoms with Crippen LogP contribution < -0.4 is 4.74 Å². The highest BCUT2D eigenvalue weighted by molar-refractivity contribution is 5.50. The minimum atomic E-state index is -4.19. The zero-order valence-electron chi connectivity index (χ0n) is 13.7. The smallest absolute Gasteiger partial charge is 0.391 e. The second kappa shape index (κ2) is 6.64. The number of halogens is 3. The van der Waals surface area contributed by atoms with Crippen LogP contribution in [0.15, 0.2) is 24.4 Å². The fourth-order valence-electron chi connectivity index (χ4n) is 2.57. The van der Waals surface area contributed by atoms with Gasteiger partial charge in [-0.15, -0.1) is 0 Å². The fraction of sp³-hybridized carbons (Fsp3) is 0.471. The first-order chi connectivity index (χ1) is 10.8. The SMILES string of the molecule is CCc1ncc(C)n1-c1ccc(CC(C)C(F)(F)F)cc1OC. The van der Waals surface area contributed by atoms with Crippen molar-refractivity contribution in [2.24, 2.45) is 5.92 Å². The van der Waals surface area contributed by atoms with E-state index >= 15 is 0 Å². The second-order valence-electron chi connectivity index (χ2n) is 5.66. The van der Waals surface area contributed by atoms with Crippen molar-refractivity contribution in [3.63, 3.8) is 0 Å². The third kappa shape index (κ3) is 3.68. The number of hydrogen-bond donors (Lipinski definition) is 0. The van der Waals surface area contributed by atoms with Crippen molar-refractivity contribution in [1.82, 2.24) is 9.55 Å². The molecule has 3 nitrogen and oxygen atoms in total. The van der Waals surface area contributed by atoms with E-state index in [1.807, 2.05) is 18.4 Å². The quantitative estimate of drug-likeness (QED) is 0.809. The van der Waals surface area contributed by atoms with Crippen molar-refractivity contribution in [2.45, 2.75) is 39.8 Å². The first-order valence-electron chi connectivity index (χ1n) is 7.55. The molecule has 1 heterocycles. The summed E-state index contributed by atoms with van der Waals surface area (Å²) in [4.78, 5) is 4.35. The van der Waals surface area contributed by atoms with Crippen molar-refractivity contribution >= 4 is 0 Å². The van der Waals surface area contributed by atoms with Gasteiger partial charge in [-0.3, -0.25) is 4.57 Å². The van der Waals surface area contributed by atoms with E-state index in [0.29, 0.717) is 11.3 Å². The molecule has 1 aromatic heterocycles. The molecule has 0 N–H and O–H groups in total. The summed E-state index contributed by atoms with van der Waals surface area (Å²) in [5.74, 6) is 0.0455. The molecule has 23 heavy (non-hydrogen) atoms. The van der Waals surface area contributed by atoms with Gasteiger partial charge in [0.15, 0.2) is 0 Å². The molecule has 1 aromatic carbocycles. The molecule has 0 aliphatic carbocycles. The maximum absolute atomic E-state index is 12.7. The Bertz CT molecular complexity index is 677. The first-order valence-corrected chi connectivity index (χ1v) is 7.55. The predicted octanol–water partition coefficient (Wildman–Crippen LogP) is 4.49. The lowest BCUT2D eigenvalue weighted by molar-refractivity contribution is -0.169. The third-order valence-electron chi connectivity index (χ3n) is 3.91. The summed E-state index contributed by atoms with van der Waals surface area (Å²) in [6.45, 7) is 5.13. The zero-order chi connectivity index (χ0) is 17.2. The Morgan fingerprint density at radius 3 is 2.57 bits per heavy atom. The topological polar surface area (TPSA) is 27.1 Å². The summed E-state index contributed by atoms with van der Waals surface area (Å²) in [6.07, 6.45) is -1.73. The van der Waals surface area contributed by atoms with Gasteiger partial charge in [0.05, 0.1) is 18.7 Å². The Labute approximate surface area is 134 Å². The number of nitrogens with zero attached hydrogens (tertiary/aromatic N) is 2. The van der Waals surface area contributed by atoms with Crippen LogP contribution in [-0.2, 0) is 12.8 Å². The number of alkyl halides is 3. The summed E-state index contributed by atoms with van der Waals surface area (Å²) < 4.78 is 45.6. The first kappa shape index (κ1) is 17.4. The molecule has 2 rings (SSSR count). The number of benzene rings is 1. The fourth-order valence-corrected chi connectivity index (χ4v) is 2.57. The van der Waals surface area contributed by atoms with E-state index in [1.54, 1.807) is 24.4 Å². The van der Waals surface area contributed by atoms with E-state index < -0.39 is 12.1 Å². The highest BCUT2D eigenvalue weighted by Crippen LogP contribution is 2.32. The van der Waals surface area contributed by atoms with Crippen LogP contribution in [0, 0.1) is 12.8 Å². The molecule has 6 heteroatoms. The molecule has 0 saturated carbocycles. The van der Waals surface area contributed by atoms with Gasteiger partial charge in [-0.25, -0.2) is 4.98 Å². The van der Waals surface area contributed by atoms with Crippen molar-refractivity contribution in [3.8, 4) is 11.4 Å². The largest absolute Gasteiger partial charge is 0.495 e. The highest BCUT2D eigenvalue weighted by atomic mass is 19.4. The zero-order valence-corrected chi connectivity index (χ0v) is 13.7. The van der Waals surface area contributed by atoms with E-state index in [1.165, 1.54) is 14.0 Å². The maximum Gasteiger partial charge on any atom is 0.391 e. The lowest BCUT2D eigenvalue weighted by atomic mass is 10.00. The molecule has 126 valence electrons. The van der Waals surface area contributed by atoms with Crippen molar-refractivity contribution in [3.05, 3.63) is 41.5 Å². The van der Waals surface area contributed by atoms with Crippen molar-refractivity contribution in [1.29, 1.82) is 0 Å². The Morgan fingerprint density at radius 1 is 1.30 bits per heavy atom. The molecule has 0 aliphatic rings. The van der Waals surface area contributed by atoms with Crippen LogP contribution in [0.25, 0.3) is 5.69 Å². The summed E-state index contributed by atoms with van der Waals surface area (Å²) in [6, 6.07) is 5.19. The molecular formula is C17H21F3N2O. The summed E-state index contributed by atoms with van der Waals surface area (Å²) in [7, 11) is 1.52. The minimum absolute atomic E-state index is 0.0658. The van der Waals surface area contributed by atoms with E-state index in [4.69, 9.17) is 4.74 Å². The van der Waals surface area contributed by atoms with Crippen LogP contribution >= 0.6 is 0 Å². The Balaban J connectivity index is 2.39. The van der Waals surface area contributed by atoms with Gasteiger partial charge in [0.2, 0.25) is 0 Å². The molecule has 0 amide bonds. The Kier molecular flexibility index (Phi) is 5.02. The van der Waals surface area contributed by atoms with Gasteiger partial charge in [-0.2, -0.15) is 13.2 Å². The molecule has 0 aliphatic heterocycles. The molecule has 2 aromatic rings. The van der Waals surface area contributed by atoms with E-state index in [0.717, 1.165) is 23.6 Å². The molecule has 1 atom stereocenters. The molecule has 0 fully saturated rings. The lowest BCUT2D eigenvalue weighted by Gasteiger charge is -2.18. The van der Waals surface area contributed by atoms with Crippen LogP contribution in [0.2, 0.25) is 0 Å². The molecular weight excluding hydrogens is 305 g/mol. The number of aromatic nitrogens is 2. The average molecular weight is 326 g/mol. The Morgan fingerprint density at radius 2 is 2.00 bits per heavy atom. The number of imidazole rings is 1. The number of aryl methyl sites for hydroxylation is 2. The molecule has 1 unspecified atom stereocenters. The van der Waals surface area contributed by atoms with Crippen LogP contribution in [0.1, 0.15) is 30.9 Å². The molecule has 0 radical (unpaired) electrons. The van der Waals surface area contributed by atoms with E-state index in [-0.39, 0.29) is 6.42 Å². The predicted molar refractivity (Wildman–Crippen MR) is 83.2 cm³/mol. The van der Waals surface area contributed by atoms with Crippen molar-refractivity contribution in [2.75, 3.05) is 7.11 Å². The minimum Gasteiger partial charge on any atom is -0.495 e. The highest BCUT2D eigenvalue weighted by Gasteiger charge is 2.35. The Hall–Kier alpha value is -1.98. The number of hydrogen-bond acceptors (Lipinski definition) is 2. The number of rotatable bonds is 5.